The van der Waals surface area contributed by atoms with Gasteiger partial charge in [0.2, 0.25) is 0 Å². The number of hydrogen-bond acceptors (Lipinski definition) is 2. The maximum absolute atomic E-state index is 13.9. The summed E-state index contributed by atoms with van der Waals surface area (Å²) in [5.41, 5.74) is 2.94. The predicted octanol–water partition coefficient (Wildman–Crippen LogP) is 7.62. The van der Waals surface area contributed by atoms with Crippen LogP contribution in [0.1, 0.15) is 75.3 Å². The van der Waals surface area contributed by atoms with E-state index < -0.39 is 16.9 Å². The lowest BCUT2D eigenvalue weighted by atomic mass is 9.81. The number of rotatable bonds is 8. The van der Waals surface area contributed by atoms with Crippen LogP contribution in [0.4, 0.5) is 13.2 Å². The average molecular weight is 469 g/mol. The number of halogens is 3. The molecule has 2 aromatic carbocycles. The fourth-order valence-electron chi connectivity index (χ4n) is 4.08. The van der Waals surface area contributed by atoms with Gasteiger partial charge in [-0.1, -0.05) is 85.0 Å². The van der Waals surface area contributed by atoms with Crippen molar-refractivity contribution in [1.29, 1.82) is 0 Å². The zero-order valence-corrected chi connectivity index (χ0v) is 21.5. The molecule has 6 heteroatoms. The molecule has 0 amide bonds. The molecule has 0 aliphatic heterocycles. The van der Waals surface area contributed by atoms with Gasteiger partial charge in [0.15, 0.2) is 6.79 Å². The SMILES string of the molecule is CCCC(C)(Pc1ccc(C)cc1C(F)(F)F)c1cc(C)cc(C(C)(C)C)c1OCOC. The topological polar surface area (TPSA) is 18.5 Å². The zero-order chi connectivity index (χ0) is 24.3. The molecule has 0 saturated heterocycles. The van der Waals surface area contributed by atoms with Gasteiger partial charge in [0.05, 0.1) is 5.56 Å². The quantitative estimate of drug-likeness (QED) is 0.293. The first-order valence-corrected chi connectivity index (χ1v) is 12.0. The van der Waals surface area contributed by atoms with E-state index >= 15 is 0 Å². The van der Waals surface area contributed by atoms with Crippen LogP contribution in [0, 0.1) is 13.8 Å². The second-order valence-corrected chi connectivity index (χ2v) is 11.6. The normalized spacial score (nSPS) is 14.7. The Bertz CT molecular complexity index is 932. The first-order chi connectivity index (χ1) is 14.7. The van der Waals surface area contributed by atoms with Gasteiger partial charge >= 0.3 is 6.18 Å². The zero-order valence-electron chi connectivity index (χ0n) is 20.5. The summed E-state index contributed by atoms with van der Waals surface area (Å²) in [7, 11) is 1.51. The Labute approximate surface area is 192 Å². The largest absolute Gasteiger partial charge is 0.467 e. The van der Waals surface area contributed by atoms with Crippen molar-refractivity contribution < 1.29 is 22.6 Å². The molecule has 0 saturated carbocycles. The van der Waals surface area contributed by atoms with E-state index in [4.69, 9.17) is 9.47 Å². The molecule has 0 aliphatic rings. The van der Waals surface area contributed by atoms with Crippen molar-refractivity contribution in [2.75, 3.05) is 13.9 Å². The fourth-order valence-corrected chi connectivity index (χ4v) is 5.88. The lowest BCUT2D eigenvalue weighted by Crippen LogP contribution is -2.26. The van der Waals surface area contributed by atoms with E-state index in [0.717, 1.165) is 35.3 Å². The molecule has 2 atom stereocenters. The van der Waals surface area contributed by atoms with Gasteiger partial charge in [0.1, 0.15) is 5.75 Å². The third kappa shape index (κ3) is 6.26. The Kier molecular flexibility index (Phi) is 8.45. The maximum Gasteiger partial charge on any atom is 0.417 e. The minimum Gasteiger partial charge on any atom is -0.467 e. The van der Waals surface area contributed by atoms with Crippen LogP contribution in [0.5, 0.6) is 5.75 Å². The number of hydrogen-bond donors (Lipinski definition) is 0. The fraction of sp³-hybridized carbons (Fsp3) is 0.538. The summed E-state index contributed by atoms with van der Waals surface area (Å²) in [6.07, 6.45) is -2.80. The summed E-state index contributed by atoms with van der Waals surface area (Å²) in [6.45, 7) is 14.3. The molecule has 0 radical (unpaired) electrons. The predicted molar refractivity (Wildman–Crippen MR) is 129 cm³/mol. The second kappa shape index (κ2) is 10.1. The Morgan fingerprint density at radius 3 is 2.00 bits per heavy atom. The van der Waals surface area contributed by atoms with Crippen molar-refractivity contribution >= 4 is 13.9 Å². The van der Waals surface area contributed by atoms with Gasteiger partial charge in [0, 0.05) is 23.4 Å². The highest BCUT2D eigenvalue weighted by Crippen LogP contribution is 2.52. The standard InChI is InChI=1S/C26H36F3O2P/c1-9-12-25(7,32-22-11-10-17(2)13-19(22)26(27,28)29)21-15-18(3)14-20(24(4,5)6)23(21)31-16-30-8/h10-11,13-15,32H,9,12,16H2,1-8H3. The van der Waals surface area contributed by atoms with Gasteiger partial charge in [-0.2, -0.15) is 13.2 Å². The van der Waals surface area contributed by atoms with Crippen molar-refractivity contribution in [3.63, 3.8) is 0 Å². The summed E-state index contributed by atoms with van der Waals surface area (Å²) < 4.78 is 53.0. The summed E-state index contributed by atoms with van der Waals surface area (Å²) >= 11 is 0. The molecule has 0 spiro atoms. The van der Waals surface area contributed by atoms with Crippen LogP contribution in [0.25, 0.3) is 0 Å². The summed E-state index contributed by atoms with van der Waals surface area (Å²) in [6, 6.07) is 8.85. The van der Waals surface area contributed by atoms with Gasteiger partial charge in [-0.25, -0.2) is 0 Å². The van der Waals surface area contributed by atoms with E-state index in [0.29, 0.717) is 10.9 Å². The van der Waals surface area contributed by atoms with Crippen LogP contribution in [0.15, 0.2) is 30.3 Å². The first kappa shape index (κ1) is 26.7. The molecule has 0 bridgehead atoms. The first-order valence-electron chi connectivity index (χ1n) is 11.0. The lowest BCUT2D eigenvalue weighted by Gasteiger charge is -2.35. The molecule has 2 unspecified atom stereocenters. The Hall–Kier alpha value is -1.58. The summed E-state index contributed by atoms with van der Waals surface area (Å²) in [4.78, 5) is 0. The molecule has 0 fully saturated rings. The lowest BCUT2D eigenvalue weighted by molar-refractivity contribution is -0.136. The van der Waals surface area contributed by atoms with Crippen LogP contribution in [0.2, 0.25) is 0 Å². The molecule has 32 heavy (non-hydrogen) atoms. The maximum atomic E-state index is 13.9. The molecule has 0 aliphatic carbocycles. The number of ether oxygens (including phenoxy) is 2. The van der Waals surface area contributed by atoms with Crippen molar-refractivity contribution in [2.24, 2.45) is 0 Å². The van der Waals surface area contributed by atoms with Crippen molar-refractivity contribution in [2.45, 2.75) is 78.1 Å². The molecule has 2 aromatic rings. The average Bonchev–Trinajstić information content (AvgIpc) is 2.66. The number of methoxy groups -OCH3 is 1. The molecule has 178 valence electrons. The molecule has 0 N–H and O–H groups in total. The minimum atomic E-state index is -4.39. The van der Waals surface area contributed by atoms with E-state index in [1.165, 1.54) is 6.07 Å². The Balaban J connectivity index is 2.75. The molecule has 0 aromatic heterocycles. The van der Waals surface area contributed by atoms with E-state index in [9.17, 15) is 13.2 Å². The number of aryl methyl sites for hydroxylation is 2. The van der Waals surface area contributed by atoms with Gasteiger partial charge in [0.25, 0.3) is 0 Å². The van der Waals surface area contributed by atoms with Crippen LogP contribution in [-0.4, -0.2) is 13.9 Å². The van der Waals surface area contributed by atoms with Crippen LogP contribution >= 0.6 is 8.58 Å². The molecule has 0 heterocycles. The van der Waals surface area contributed by atoms with Gasteiger partial charge in [-0.3, -0.25) is 0 Å². The van der Waals surface area contributed by atoms with Crippen molar-refractivity contribution in [1.82, 2.24) is 0 Å². The highest BCUT2D eigenvalue weighted by atomic mass is 31.1. The van der Waals surface area contributed by atoms with Crippen LogP contribution < -0.4 is 10.0 Å². The van der Waals surface area contributed by atoms with Crippen molar-refractivity contribution in [3.8, 4) is 5.75 Å². The second-order valence-electron chi connectivity index (χ2n) is 9.74. The minimum absolute atomic E-state index is 0.0617. The highest BCUT2D eigenvalue weighted by molar-refractivity contribution is 7.48. The van der Waals surface area contributed by atoms with Gasteiger partial charge < -0.3 is 9.47 Å². The van der Waals surface area contributed by atoms with E-state index in [2.05, 4.69) is 46.8 Å². The summed E-state index contributed by atoms with van der Waals surface area (Å²) in [5.74, 6) is 0.731. The monoisotopic (exact) mass is 468 g/mol. The van der Waals surface area contributed by atoms with E-state index in [-0.39, 0.29) is 20.8 Å². The van der Waals surface area contributed by atoms with E-state index in [1.54, 1.807) is 26.2 Å². The third-order valence-corrected chi connectivity index (χ3v) is 7.37. The third-order valence-electron chi connectivity index (χ3n) is 5.60. The van der Waals surface area contributed by atoms with Crippen LogP contribution in [-0.2, 0) is 21.5 Å². The van der Waals surface area contributed by atoms with E-state index in [1.807, 2.05) is 6.92 Å². The number of benzene rings is 2. The molecule has 2 rings (SSSR count). The van der Waals surface area contributed by atoms with Crippen molar-refractivity contribution in [3.05, 3.63) is 58.1 Å². The number of alkyl halides is 3. The smallest absolute Gasteiger partial charge is 0.417 e. The highest BCUT2D eigenvalue weighted by Gasteiger charge is 2.38. The van der Waals surface area contributed by atoms with Crippen LogP contribution in [0.3, 0.4) is 0 Å². The summed E-state index contributed by atoms with van der Waals surface area (Å²) in [5, 5.41) is -0.172. The molecule has 2 nitrogen and oxygen atoms in total. The molecular weight excluding hydrogens is 432 g/mol. The molecular formula is C26H36F3O2P. The van der Waals surface area contributed by atoms with Gasteiger partial charge in [-0.15, -0.1) is 0 Å². The van der Waals surface area contributed by atoms with Gasteiger partial charge in [-0.05, 0) is 37.1 Å². The Morgan fingerprint density at radius 2 is 1.47 bits per heavy atom. The Morgan fingerprint density at radius 1 is 0.875 bits per heavy atom.